The Labute approximate surface area is 166 Å². The van der Waals surface area contributed by atoms with Crippen molar-refractivity contribution in [2.45, 2.75) is 26.4 Å². The summed E-state index contributed by atoms with van der Waals surface area (Å²) in [5.41, 5.74) is 8.30. The Morgan fingerprint density at radius 1 is 1.34 bits per heavy atom. The molecule has 9 heteroatoms. The normalized spacial score (nSPS) is 11.2. The molecule has 0 bridgehead atoms. The van der Waals surface area contributed by atoms with Gasteiger partial charge in [0.15, 0.2) is 0 Å². The molecule has 4 heterocycles. The first kappa shape index (κ1) is 18.6. The SMILES string of the molecule is CNC(=O)c1cc2c(=O)n3cccc(C)c3nc2[n+](CCCn2ccnc2)c1N. The van der Waals surface area contributed by atoms with Crippen molar-refractivity contribution in [2.75, 3.05) is 12.8 Å². The summed E-state index contributed by atoms with van der Waals surface area (Å²) in [5, 5.41) is 2.93. The average molecular weight is 392 g/mol. The van der Waals surface area contributed by atoms with Gasteiger partial charge in [-0.3, -0.25) is 14.0 Å². The lowest BCUT2D eigenvalue weighted by Gasteiger charge is -2.12. The summed E-state index contributed by atoms with van der Waals surface area (Å²) in [6.45, 7) is 3.13. The van der Waals surface area contributed by atoms with E-state index in [4.69, 9.17) is 10.7 Å². The molecule has 0 saturated carbocycles. The third-order valence-corrected chi connectivity index (χ3v) is 5.00. The highest BCUT2D eigenvalue weighted by Crippen LogP contribution is 2.16. The summed E-state index contributed by atoms with van der Waals surface area (Å²) in [5.74, 6) is -0.0613. The van der Waals surface area contributed by atoms with Crippen molar-refractivity contribution in [1.29, 1.82) is 0 Å². The van der Waals surface area contributed by atoms with Gasteiger partial charge < -0.3 is 15.6 Å². The zero-order valence-electron chi connectivity index (χ0n) is 16.3. The smallest absolute Gasteiger partial charge is 0.278 e. The molecule has 9 nitrogen and oxygen atoms in total. The number of pyridine rings is 2. The molecule has 0 radical (unpaired) electrons. The standard InChI is InChI=1S/C20H21N7O2/c1-13-5-3-8-27-17(13)24-18-15(20(27)29)11-14(19(28)22-2)16(21)26(18)9-4-7-25-10-6-23-12-25/h3,5-6,8,10-12,21H,4,7,9H2,1-2H3,(H,22,28)/p+1. The summed E-state index contributed by atoms with van der Waals surface area (Å²) in [6.07, 6.45) is 7.76. The van der Waals surface area contributed by atoms with Crippen LogP contribution in [-0.4, -0.2) is 31.9 Å². The minimum absolute atomic E-state index is 0.234. The zero-order valence-corrected chi connectivity index (χ0v) is 16.3. The van der Waals surface area contributed by atoms with E-state index in [0.29, 0.717) is 23.2 Å². The van der Waals surface area contributed by atoms with E-state index in [2.05, 4.69) is 10.3 Å². The predicted molar refractivity (Wildman–Crippen MR) is 109 cm³/mol. The summed E-state index contributed by atoms with van der Waals surface area (Å²) in [6, 6.07) is 5.23. The molecule has 0 aliphatic heterocycles. The molecule has 0 aromatic carbocycles. The molecule has 0 saturated heterocycles. The Balaban J connectivity index is 1.93. The number of carbonyl (C=O) groups is 1. The number of nitrogens with two attached hydrogens (primary N) is 1. The first-order valence-corrected chi connectivity index (χ1v) is 9.33. The van der Waals surface area contributed by atoms with Crippen molar-refractivity contribution in [2.24, 2.45) is 0 Å². The number of fused-ring (bicyclic) bond motifs is 2. The van der Waals surface area contributed by atoms with E-state index in [1.807, 2.05) is 23.8 Å². The van der Waals surface area contributed by atoms with Crippen LogP contribution in [0.2, 0.25) is 0 Å². The Morgan fingerprint density at radius 2 is 2.17 bits per heavy atom. The number of aromatic nitrogens is 5. The predicted octanol–water partition coefficient (Wildman–Crippen LogP) is 0.672. The maximum absolute atomic E-state index is 13.2. The van der Waals surface area contributed by atoms with E-state index in [-0.39, 0.29) is 22.8 Å². The number of hydrogen-bond donors (Lipinski definition) is 2. The largest absolute Gasteiger partial charge is 0.355 e. The number of carbonyl (C=O) groups excluding carboxylic acids is 1. The van der Waals surface area contributed by atoms with Crippen LogP contribution in [0.25, 0.3) is 16.7 Å². The number of imidazole rings is 1. The van der Waals surface area contributed by atoms with Gasteiger partial charge >= 0.3 is 0 Å². The van der Waals surface area contributed by atoms with E-state index < -0.39 is 0 Å². The molecule has 0 fully saturated rings. The number of amides is 1. The molecule has 148 valence electrons. The molecular formula is C20H22N7O2+. The highest BCUT2D eigenvalue weighted by atomic mass is 16.1. The quantitative estimate of drug-likeness (QED) is 0.383. The second-order valence-corrected chi connectivity index (χ2v) is 6.87. The topological polar surface area (TPSA) is 111 Å². The van der Waals surface area contributed by atoms with Crippen molar-refractivity contribution in [3.63, 3.8) is 0 Å². The third kappa shape index (κ3) is 3.20. The Morgan fingerprint density at radius 3 is 2.90 bits per heavy atom. The average Bonchev–Trinajstić information content (AvgIpc) is 3.23. The summed E-state index contributed by atoms with van der Waals surface area (Å²) in [4.78, 5) is 34.3. The Hall–Kier alpha value is -3.75. The van der Waals surface area contributed by atoms with Gasteiger partial charge in [-0.25, -0.2) is 9.55 Å². The lowest BCUT2D eigenvalue weighted by atomic mass is 10.1. The van der Waals surface area contributed by atoms with Gasteiger partial charge in [0.25, 0.3) is 17.1 Å². The minimum Gasteiger partial charge on any atom is -0.355 e. The van der Waals surface area contributed by atoms with Crippen molar-refractivity contribution in [3.8, 4) is 0 Å². The van der Waals surface area contributed by atoms with Gasteiger partial charge in [0, 0.05) is 37.7 Å². The highest BCUT2D eigenvalue weighted by Gasteiger charge is 2.24. The van der Waals surface area contributed by atoms with Crippen LogP contribution in [0.4, 0.5) is 5.82 Å². The highest BCUT2D eigenvalue weighted by molar-refractivity contribution is 6.00. The number of hydrogen-bond acceptors (Lipinski definition) is 5. The van der Waals surface area contributed by atoms with Crippen LogP contribution in [0.5, 0.6) is 0 Å². The van der Waals surface area contributed by atoms with Crippen LogP contribution in [0.1, 0.15) is 22.3 Å². The molecule has 4 aromatic heterocycles. The van der Waals surface area contributed by atoms with Crippen LogP contribution in [-0.2, 0) is 13.1 Å². The molecule has 4 aromatic rings. The Bertz CT molecular complexity index is 1280. The van der Waals surface area contributed by atoms with Crippen LogP contribution in [0.3, 0.4) is 0 Å². The second kappa shape index (κ2) is 7.34. The fourth-order valence-electron chi connectivity index (χ4n) is 3.48. The molecule has 29 heavy (non-hydrogen) atoms. The summed E-state index contributed by atoms with van der Waals surface area (Å²) in [7, 11) is 1.53. The van der Waals surface area contributed by atoms with Crippen LogP contribution in [0.15, 0.2) is 47.9 Å². The number of anilines is 1. The number of nitrogen functional groups attached to an aromatic ring is 1. The van der Waals surface area contributed by atoms with E-state index >= 15 is 0 Å². The summed E-state index contributed by atoms with van der Waals surface area (Å²) < 4.78 is 5.21. The maximum Gasteiger partial charge on any atom is 0.278 e. The number of nitrogens with zero attached hydrogens (tertiary/aromatic N) is 5. The van der Waals surface area contributed by atoms with Gasteiger partial charge in [-0.05, 0) is 25.5 Å². The molecule has 0 atom stereocenters. The van der Waals surface area contributed by atoms with Gasteiger partial charge in [-0.2, -0.15) is 0 Å². The Kier molecular flexibility index (Phi) is 4.71. The van der Waals surface area contributed by atoms with Gasteiger partial charge in [0.2, 0.25) is 11.5 Å². The fraction of sp³-hybridized carbons (Fsp3) is 0.250. The second-order valence-electron chi connectivity index (χ2n) is 6.87. The first-order chi connectivity index (χ1) is 14.0. The molecule has 4 rings (SSSR count). The molecule has 3 N–H and O–H groups in total. The summed E-state index contributed by atoms with van der Waals surface area (Å²) >= 11 is 0. The van der Waals surface area contributed by atoms with Crippen molar-refractivity contribution < 1.29 is 9.36 Å². The molecule has 0 aliphatic rings. The fourth-order valence-corrected chi connectivity index (χ4v) is 3.48. The first-order valence-electron chi connectivity index (χ1n) is 9.33. The van der Waals surface area contributed by atoms with Crippen molar-refractivity contribution in [3.05, 3.63) is 64.6 Å². The van der Waals surface area contributed by atoms with Gasteiger partial charge in [-0.15, -0.1) is 0 Å². The number of nitrogens with one attached hydrogen (secondary N) is 1. The molecule has 1 amide bonds. The molecule has 0 unspecified atom stereocenters. The van der Waals surface area contributed by atoms with Crippen LogP contribution in [0, 0.1) is 6.92 Å². The number of aryl methyl sites for hydroxylation is 3. The monoisotopic (exact) mass is 392 g/mol. The van der Waals surface area contributed by atoms with Crippen LogP contribution >= 0.6 is 0 Å². The maximum atomic E-state index is 13.2. The van der Waals surface area contributed by atoms with E-state index in [9.17, 15) is 9.59 Å². The van der Waals surface area contributed by atoms with E-state index in [1.165, 1.54) is 17.5 Å². The van der Waals surface area contributed by atoms with E-state index in [1.54, 1.807) is 29.4 Å². The molecular weight excluding hydrogens is 370 g/mol. The van der Waals surface area contributed by atoms with Crippen LogP contribution < -0.4 is 21.2 Å². The van der Waals surface area contributed by atoms with Gasteiger partial charge in [0.1, 0.15) is 10.9 Å². The number of rotatable bonds is 5. The van der Waals surface area contributed by atoms with Crippen molar-refractivity contribution in [1.82, 2.24) is 24.3 Å². The van der Waals surface area contributed by atoms with Gasteiger partial charge in [0.05, 0.1) is 12.9 Å². The van der Waals surface area contributed by atoms with Gasteiger partial charge in [-0.1, -0.05) is 11.1 Å². The third-order valence-electron chi connectivity index (χ3n) is 5.00. The molecule has 0 spiro atoms. The zero-order chi connectivity index (χ0) is 20.5. The lowest BCUT2D eigenvalue weighted by Crippen LogP contribution is -2.43. The van der Waals surface area contributed by atoms with Crippen molar-refractivity contribution >= 4 is 28.4 Å². The van der Waals surface area contributed by atoms with E-state index in [0.717, 1.165) is 18.5 Å². The molecule has 0 aliphatic carbocycles. The lowest BCUT2D eigenvalue weighted by molar-refractivity contribution is -0.659. The minimum atomic E-state index is -0.346.